The Morgan fingerprint density at radius 1 is 0.595 bits per heavy atom. The molecule has 2 aromatic carbocycles. The lowest BCUT2D eigenvalue weighted by Gasteiger charge is -2.15. The van der Waals surface area contributed by atoms with Crippen molar-refractivity contribution in [2.24, 2.45) is 0 Å². The van der Waals surface area contributed by atoms with Gasteiger partial charge in [0.15, 0.2) is 0 Å². The highest BCUT2D eigenvalue weighted by Gasteiger charge is 2.21. The maximum atomic E-state index is 12.3. The van der Waals surface area contributed by atoms with Crippen LogP contribution in [0.5, 0.6) is 11.5 Å². The first-order chi connectivity index (χ1) is 17.4. The summed E-state index contributed by atoms with van der Waals surface area (Å²) >= 11 is 0. The fourth-order valence-corrected chi connectivity index (χ4v) is 3.39. The largest absolute Gasteiger partial charge is 0.457 e. The standard InChI is InChI=1S/C26H30N8O3/c1-25(2,3)19-21(35)29-23(33-31-19)27-15-7-11-17(12-8-15)37-18-13-9-16(10-14-18)28-24-30-22(36)20(32-34-24)26(4,5)6/h7-14H,1-6H3,(H2,27,29,33,35)(H2,28,30,34,36). The van der Waals surface area contributed by atoms with E-state index < -0.39 is 10.8 Å². The molecule has 192 valence electrons. The van der Waals surface area contributed by atoms with Gasteiger partial charge >= 0.3 is 0 Å². The predicted molar refractivity (Wildman–Crippen MR) is 142 cm³/mol. The zero-order chi connectivity index (χ0) is 26.8. The second-order valence-electron chi connectivity index (χ2n) is 10.6. The molecular formula is C26H30N8O3. The van der Waals surface area contributed by atoms with Crippen LogP contribution in [0.15, 0.2) is 58.1 Å². The van der Waals surface area contributed by atoms with Gasteiger partial charge in [0.25, 0.3) is 11.1 Å². The zero-order valence-electron chi connectivity index (χ0n) is 21.6. The van der Waals surface area contributed by atoms with Crippen LogP contribution in [0.3, 0.4) is 0 Å². The third-order valence-electron chi connectivity index (χ3n) is 5.28. The minimum Gasteiger partial charge on any atom is -0.457 e. The molecule has 4 aromatic rings. The first-order valence-electron chi connectivity index (χ1n) is 11.8. The minimum absolute atomic E-state index is 0.258. The summed E-state index contributed by atoms with van der Waals surface area (Å²) < 4.78 is 5.91. The van der Waals surface area contributed by atoms with Crippen LogP contribution < -0.4 is 26.5 Å². The van der Waals surface area contributed by atoms with Gasteiger partial charge in [0.05, 0.1) is 0 Å². The lowest BCUT2D eigenvalue weighted by atomic mass is 9.93. The molecule has 2 heterocycles. The topological polar surface area (TPSA) is 151 Å². The number of aromatic amines is 2. The molecular weight excluding hydrogens is 472 g/mol. The van der Waals surface area contributed by atoms with Crippen LogP contribution in [-0.2, 0) is 10.8 Å². The van der Waals surface area contributed by atoms with Crippen molar-refractivity contribution in [3.05, 3.63) is 80.6 Å². The van der Waals surface area contributed by atoms with Crippen molar-refractivity contribution in [2.75, 3.05) is 10.6 Å². The maximum Gasteiger partial charge on any atom is 0.274 e. The smallest absolute Gasteiger partial charge is 0.274 e. The lowest BCUT2D eigenvalue weighted by molar-refractivity contribution is 0.483. The van der Waals surface area contributed by atoms with E-state index in [1.54, 1.807) is 48.5 Å². The van der Waals surface area contributed by atoms with Gasteiger partial charge in [-0.25, -0.2) is 0 Å². The molecule has 0 atom stereocenters. The Kier molecular flexibility index (Phi) is 6.80. The quantitative estimate of drug-likeness (QED) is 0.298. The molecule has 4 rings (SSSR count). The van der Waals surface area contributed by atoms with Gasteiger partial charge in [0.2, 0.25) is 11.9 Å². The lowest BCUT2D eigenvalue weighted by Crippen LogP contribution is -2.28. The van der Waals surface area contributed by atoms with E-state index in [0.717, 1.165) is 0 Å². The molecule has 0 radical (unpaired) electrons. The highest BCUT2D eigenvalue weighted by Crippen LogP contribution is 2.26. The molecule has 11 heteroatoms. The number of hydrogen-bond acceptors (Lipinski definition) is 9. The molecule has 0 saturated heterocycles. The first-order valence-corrected chi connectivity index (χ1v) is 11.8. The Morgan fingerprint density at radius 3 is 1.24 bits per heavy atom. The van der Waals surface area contributed by atoms with Crippen molar-refractivity contribution < 1.29 is 4.74 Å². The molecule has 0 amide bonds. The molecule has 2 aromatic heterocycles. The molecule has 11 nitrogen and oxygen atoms in total. The van der Waals surface area contributed by atoms with E-state index in [2.05, 4.69) is 41.0 Å². The van der Waals surface area contributed by atoms with Crippen molar-refractivity contribution >= 4 is 23.3 Å². The van der Waals surface area contributed by atoms with E-state index in [0.29, 0.717) is 34.3 Å². The molecule has 37 heavy (non-hydrogen) atoms. The molecule has 4 N–H and O–H groups in total. The molecule has 0 spiro atoms. The number of nitrogens with one attached hydrogen (secondary N) is 4. The van der Waals surface area contributed by atoms with E-state index in [1.165, 1.54) is 0 Å². The number of aromatic nitrogens is 6. The van der Waals surface area contributed by atoms with Gasteiger partial charge in [-0.3, -0.25) is 19.6 Å². The third-order valence-corrected chi connectivity index (χ3v) is 5.28. The summed E-state index contributed by atoms with van der Waals surface area (Å²) in [6.45, 7) is 11.4. The molecule has 0 aliphatic rings. The van der Waals surface area contributed by atoms with Crippen LogP contribution in [0.25, 0.3) is 0 Å². The summed E-state index contributed by atoms with van der Waals surface area (Å²) in [5.74, 6) is 1.77. The van der Waals surface area contributed by atoms with E-state index in [-0.39, 0.29) is 23.0 Å². The monoisotopic (exact) mass is 502 g/mol. The van der Waals surface area contributed by atoms with E-state index in [1.807, 2.05) is 41.5 Å². The van der Waals surface area contributed by atoms with Gasteiger partial charge in [0, 0.05) is 22.2 Å². The van der Waals surface area contributed by atoms with Crippen LogP contribution in [0.1, 0.15) is 52.9 Å². The van der Waals surface area contributed by atoms with E-state index in [9.17, 15) is 9.59 Å². The summed E-state index contributed by atoms with van der Waals surface area (Å²) in [4.78, 5) is 30.0. The van der Waals surface area contributed by atoms with Crippen LogP contribution in [-0.4, -0.2) is 30.4 Å². The van der Waals surface area contributed by atoms with Gasteiger partial charge in [-0.15, -0.1) is 20.4 Å². The zero-order valence-corrected chi connectivity index (χ0v) is 21.6. The second-order valence-corrected chi connectivity index (χ2v) is 10.6. The fraction of sp³-hybridized carbons (Fsp3) is 0.308. The molecule has 0 aliphatic heterocycles. The van der Waals surface area contributed by atoms with Gasteiger partial charge in [0.1, 0.15) is 22.9 Å². The van der Waals surface area contributed by atoms with Gasteiger partial charge < -0.3 is 15.4 Å². The number of nitrogens with zero attached hydrogens (tertiary/aromatic N) is 4. The summed E-state index contributed by atoms with van der Waals surface area (Å²) in [7, 11) is 0. The van der Waals surface area contributed by atoms with Gasteiger partial charge in [-0.05, 0) is 48.5 Å². The van der Waals surface area contributed by atoms with Crippen molar-refractivity contribution in [1.29, 1.82) is 0 Å². The number of ether oxygens (including phenoxy) is 1. The Hall–Kier alpha value is -4.54. The SMILES string of the molecule is CC(C)(C)c1nnc(Nc2ccc(Oc3ccc(Nc4nnc(C(C)(C)C)c(=O)[nH]4)cc3)cc2)[nH]c1=O. The Bertz CT molecular complexity index is 1380. The number of rotatable bonds is 6. The van der Waals surface area contributed by atoms with Crippen LogP contribution in [0.2, 0.25) is 0 Å². The number of hydrogen-bond donors (Lipinski definition) is 4. The average Bonchev–Trinajstić information content (AvgIpc) is 2.80. The van der Waals surface area contributed by atoms with Crippen molar-refractivity contribution in [1.82, 2.24) is 30.4 Å². The predicted octanol–water partition coefficient (Wildman–Crippen LogP) is 4.52. The summed E-state index contributed by atoms with van der Waals surface area (Å²) in [5.41, 5.74) is 0.853. The molecule has 0 unspecified atom stereocenters. The molecule has 0 saturated carbocycles. The second kappa shape index (κ2) is 9.84. The molecule has 0 aliphatic carbocycles. The van der Waals surface area contributed by atoms with Crippen LogP contribution >= 0.6 is 0 Å². The first kappa shape index (κ1) is 25.5. The Balaban J connectivity index is 1.37. The number of H-pyrrole nitrogens is 2. The van der Waals surface area contributed by atoms with Crippen molar-refractivity contribution in [2.45, 2.75) is 52.4 Å². The van der Waals surface area contributed by atoms with Crippen molar-refractivity contribution in [3.63, 3.8) is 0 Å². The van der Waals surface area contributed by atoms with E-state index >= 15 is 0 Å². The Labute approximate surface area is 213 Å². The summed E-state index contributed by atoms with van der Waals surface area (Å²) in [6, 6.07) is 14.4. The van der Waals surface area contributed by atoms with Crippen LogP contribution in [0, 0.1) is 0 Å². The van der Waals surface area contributed by atoms with Gasteiger partial charge in [-0.2, -0.15) is 0 Å². The Morgan fingerprint density at radius 2 is 0.946 bits per heavy atom. The summed E-state index contributed by atoms with van der Waals surface area (Å²) in [6.07, 6.45) is 0. The summed E-state index contributed by atoms with van der Waals surface area (Å²) in [5, 5.41) is 22.3. The van der Waals surface area contributed by atoms with Crippen molar-refractivity contribution in [3.8, 4) is 11.5 Å². The molecule has 0 bridgehead atoms. The van der Waals surface area contributed by atoms with Crippen LogP contribution in [0.4, 0.5) is 23.3 Å². The third kappa shape index (κ3) is 6.37. The molecule has 0 fully saturated rings. The normalized spacial score (nSPS) is 11.7. The van der Waals surface area contributed by atoms with E-state index in [4.69, 9.17) is 4.74 Å². The highest BCUT2D eigenvalue weighted by molar-refractivity contribution is 5.56. The average molecular weight is 503 g/mol. The number of benzene rings is 2. The maximum absolute atomic E-state index is 12.3. The van der Waals surface area contributed by atoms with Gasteiger partial charge in [-0.1, -0.05) is 41.5 Å². The minimum atomic E-state index is -0.392. The fourth-order valence-electron chi connectivity index (χ4n) is 3.39. The number of anilines is 4. The highest BCUT2D eigenvalue weighted by atomic mass is 16.5.